The number of hydrogen-bond donors (Lipinski definition) is 3. The lowest BCUT2D eigenvalue weighted by Crippen LogP contribution is -2.12. The number of benzene rings is 2. The van der Waals surface area contributed by atoms with E-state index >= 15 is 0 Å². The summed E-state index contributed by atoms with van der Waals surface area (Å²) in [7, 11) is 0. The molecule has 0 radical (unpaired) electrons. The first-order chi connectivity index (χ1) is 12.1. The Kier molecular flexibility index (Phi) is 4.84. The number of carboxylic acid groups (broad SMARTS) is 1. The molecule has 0 fully saturated rings. The van der Waals surface area contributed by atoms with E-state index in [4.69, 9.17) is 5.11 Å². The first-order valence-corrected chi connectivity index (χ1v) is 7.70. The highest BCUT2D eigenvalue weighted by atomic mass is 16.4. The van der Waals surface area contributed by atoms with Crippen LogP contribution in [-0.2, 0) is 11.2 Å². The average molecular weight is 336 g/mol. The first kappa shape index (κ1) is 16.4. The molecule has 0 aliphatic carbocycles. The Morgan fingerprint density at radius 1 is 1.12 bits per heavy atom. The molecule has 3 rings (SSSR count). The van der Waals surface area contributed by atoms with Crippen molar-refractivity contribution in [2.45, 2.75) is 12.8 Å². The molecule has 0 aliphatic rings. The summed E-state index contributed by atoms with van der Waals surface area (Å²) in [6.07, 6.45) is 2.27. The molecular weight excluding hydrogens is 320 g/mol. The van der Waals surface area contributed by atoms with Crippen molar-refractivity contribution in [2.24, 2.45) is 0 Å². The normalized spacial score (nSPS) is 10.4. The topological polar surface area (TPSA) is 108 Å². The zero-order chi connectivity index (χ0) is 17.6. The number of aromatic carboxylic acids is 1. The van der Waals surface area contributed by atoms with Gasteiger partial charge in [-0.3, -0.25) is 9.89 Å². The number of carbonyl (C=O) groups excluding carboxylic acids is 1. The van der Waals surface area contributed by atoms with Gasteiger partial charge >= 0.3 is 5.97 Å². The molecule has 0 atom stereocenters. The fourth-order valence-electron chi connectivity index (χ4n) is 2.38. The molecule has 0 spiro atoms. The van der Waals surface area contributed by atoms with Crippen LogP contribution in [0.2, 0.25) is 0 Å². The number of anilines is 1. The maximum Gasteiger partial charge on any atom is 0.335 e. The van der Waals surface area contributed by atoms with Crippen LogP contribution >= 0.6 is 0 Å². The van der Waals surface area contributed by atoms with Gasteiger partial charge in [0.15, 0.2) is 5.82 Å². The quantitative estimate of drug-likeness (QED) is 0.641. The molecule has 1 heterocycles. The Balaban J connectivity index is 1.57. The number of rotatable bonds is 6. The van der Waals surface area contributed by atoms with Crippen LogP contribution in [0, 0.1) is 0 Å². The molecule has 3 N–H and O–H groups in total. The highest BCUT2D eigenvalue weighted by molar-refractivity contribution is 5.91. The maximum absolute atomic E-state index is 12.1. The Bertz CT molecular complexity index is 874. The fourth-order valence-corrected chi connectivity index (χ4v) is 2.38. The van der Waals surface area contributed by atoms with Gasteiger partial charge < -0.3 is 10.4 Å². The SMILES string of the molecule is O=C(CCc1ccc(C(=O)O)cc1)Nc1cccc(-c2ncn[nH]2)c1. The van der Waals surface area contributed by atoms with Crippen LogP contribution in [0.25, 0.3) is 11.4 Å². The molecule has 2 aromatic carbocycles. The summed E-state index contributed by atoms with van der Waals surface area (Å²) >= 11 is 0. The molecule has 126 valence electrons. The molecule has 0 saturated carbocycles. The second-order valence-electron chi connectivity index (χ2n) is 5.47. The lowest BCUT2D eigenvalue weighted by molar-refractivity contribution is -0.116. The number of hydrogen-bond acceptors (Lipinski definition) is 4. The van der Waals surface area contributed by atoms with E-state index in [2.05, 4.69) is 20.5 Å². The zero-order valence-corrected chi connectivity index (χ0v) is 13.3. The van der Waals surface area contributed by atoms with Gasteiger partial charge in [0.25, 0.3) is 0 Å². The van der Waals surface area contributed by atoms with Gasteiger partial charge in [-0.25, -0.2) is 9.78 Å². The second kappa shape index (κ2) is 7.39. The lowest BCUT2D eigenvalue weighted by atomic mass is 10.1. The molecule has 7 heteroatoms. The van der Waals surface area contributed by atoms with E-state index in [1.807, 2.05) is 18.2 Å². The monoisotopic (exact) mass is 336 g/mol. The van der Waals surface area contributed by atoms with Crippen LogP contribution in [0.4, 0.5) is 5.69 Å². The van der Waals surface area contributed by atoms with E-state index in [1.165, 1.54) is 18.5 Å². The van der Waals surface area contributed by atoms with Gasteiger partial charge in [-0.1, -0.05) is 24.3 Å². The van der Waals surface area contributed by atoms with Gasteiger partial charge in [0.2, 0.25) is 5.91 Å². The van der Waals surface area contributed by atoms with Gasteiger partial charge in [-0.2, -0.15) is 5.10 Å². The molecule has 0 unspecified atom stereocenters. The average Bonchev–Trinajstić information content (AvgIpc) is 3.15. The summed E-state index contributed by atoms with van der Waals surface area (Å²) in [5, 5.41) is 18.3. The Morgan fingerprint density at radius 2 is 1.92 bits per heavy atom. The summed E-state index contributed by atoms with van der Waals surface area (Å²) in [6.45, 7) is 0. The second-order valence-corrected chi connectivity index (χ2v) is 5.47. The summed E-state index contributed by atoms with van der Waals surface area (Å²) < 4.78 is 0. The molecule has 1 amide bonds. The van der Waals surface area contributed by atoms with Crippen molar-refractivity contribution >= 4 is 17.6 Å². The number of nitrogens with one attached hydrogen (secondary N) is 2. The number of H-pyrrole nitrogens is 1. The van der Waals surface area contributed by atoms with Crippen LogP contribution in [-0.4, -0.2) is 32.2 Å². The van der Waals surface area contributed by atoms with Crippen molar-refractivity contribution in [3.63, 3.8) is 0 Å². The van der Waals surface area contributed by atoms with E-state index in [1.54, 1.807) is 18.2 Å². The number of aromatic amines is 1. The minimum atomic E-state index is -0.962. The molecule has 25 heavy (non-hydrogen) atoms. The van der Waals surface area contributed by atoms with Crippen molar-refractivity contribution in [3.05, 3.63) is 66.0 Å². The van der Waals surface area contributed by atoms with Crippen LogP contribution in [0.5, 0.6) is 0 Å². The highest BCUT2D eigenvalue weighted by Crippen LogP contribution is 2.19. The standard InChI is InChI=1S/C18H16N4O3/c23-16(9-6-12-4-7-13(8-5-12)18(24)25)21-15-3-1-2-14(10-15)17-19-11-20-22-17/h1-5,7-8,10-11H,6,9H2,(H,21,23)(H,24,25)(H,19,20,22). The van der Waals surface area contributed by atoms with Crippen molar-refractivity contribution in [1.82, 2.24) is 15.2 Å². The van der Waals surface area contributed by atoms with E-state index < -0.39 is 5.97 Å². The zero-order valence-electron chi connectivity index (χ0n) is 13.3. The van der Waals surface area contributed by atoms with Gasteiger partial charge in [-0.05, 0) is 36.2 Å². The maximum atomic E-state index is 12.1. The summed E-state index contributed by atoms with van der Waals surface area (Å²) in [6, 6.07) is 13.9. The molecule has 7 nitrogen and oxygen atoms in total. The summed E-state index contributed by atoms with van der Waals surface area (Å²) in [4.78, 5) is 27.0. The largest absolute Gasteiger partial charge is 0.478 e. The van der Waals surface area contributed by atoms with E-state index in [0.717, 1.165) is 11.1 Å². The van der Waals surface area contributed by atoms with Crippen molar-refractivity contribution in [1.29, 1.82) is 0 Å². The lowest BCUT2D eigenvalue weighted by Gasteiger charge is -2.07. The third-order valence-electron chi connectivity index (χ3n) is 3.68. The minimum Gasteiger partial charge on any atom is -0.478 e. The van der Waals surface area contributed by atoms with Crippen molar-refractivity contribution < 1.29 is 14.7 Å². The van der Waals surface area contributed by atoms with E-state index in [9.17, 15) is 9.59 Å². The van der Waals surface area contributed by atoms with Gasteiger partial charge in [0.1, 0.15) is 6.33 Å². The Hall–Kier alpha value is -3.48. The number of aryl methyl sites for hydroxylation is 1. The third kappa shape index (κ3) is 4.29. The number of carbonyl (C=O) groups is 2. The van der Waals surface area contributed by atoms with Crippen LogP contribution in [0.15, 0.2) is 54.9 Å². The molecular formula is C18H16N4O3. The van der Waals surface area contributed by atoms with Gasteiger partial charge in [-0.15, -0.1) is 0 Å². The van der Waals surface area contributed by atoms with Crippen molar-refractivity contribution in [3.8, 4) is 11.4 Å². The highest BCUT2D eigenvalue weighted by Gasteiger charge is 2.07. The molecule has 0 aliphatic heterocycles. The third-order valence-corrected chi connectivity index (χ3v) is 3.68. The first-order valence-electron chi connectivity index (χ1n) is 7.70. The predicted molar refractivity (Wildman–Crippen MR) is 92.2 cm³/mol. The minimum absolute atomic E-state index is 0.114. The molecule has 0 saturated heterocycles. The van der Waals surface area contributed by atoms with E-state index in [0.29, 0.717) is 24.4 Å². The number of carboxylic acids is 1. The Labute approximate surface area is 143 Å². The predicted octanol–water partition coefficient (Wildman–Crippen LogP) is 2.74. The van der Waals surface area contributed by atoms with E-state index in [-0.39, 0.29) is 11.5 Å². The Morgan fingerprint density at radius 3 is 2.60 bits per heavy atom. The molecule has 0 bridgehead atoms. The fraction of sp³-hybridized carbons (Fsp3) is 0.111. The molecule has 3 aromatic rings. The van der Waals surface area contributed by atoms with Gasteiger partial charge in [0, 0.05) is 17.7 Å². The van der Waals surface area contributed by atoms with Crippen LogP contribution in [0.1, 0.15) is 22.3 Å². The number of aromatic nitrogens is 3. The smallest absolute Gasteiger partial charge is 0.335 e. The van der Waals surface area contributed by atoms with Gasteiger partial charge in [0.05, 0.1) is 5.56 Å². The number of nitrogens with zero attached hydrogens (tertiary/aromatic N) is 2. The van der Waals surface area contributed by atoms with Crippen LogP contribution < -0.4 is 5.32 Å². The molecule has 1 aromatic heterocycles. The van der Waals surface area contributed by atoms with Crippen LogP contribution in [0.3, 0.4) is 0 Å². The van der Waals surface area contributed by atoms with Crippen molar-refractivity contribution in [2.75, 3.05) is 5.32 Å². The summed E-state index contributed by atoms with van der Waals surface area (Å²) in [5.41, 5.74) is 2.66. The summed E-state index contributed by atoms with van der Waals surface area (Å²) in [5.74, 6) is -0.442. The number of amides is 1.